The second-order valence-corrected chi connectivity index (χ2v) is 5.30. The molecule has 0 aliphatic rings. The van der Waals surface area contributed by atoms with Crippen LogP contribution in [0.4, 0.5) is 0 Å². The minimum absolute atomic E-state index is 0.221. The highest BCUT2D eigenvalue weighted by Crippen LogP contribution is 2.30. The second kappa shape index (κ2) is 6.59. The van der Waals surface area contributed by atoms with E-state index in [2.05, 4.69) is 29.8 Å². The van der Waals surface area contributed by atoms with Crippen LogP contribution in [0.3, 0.4) is 0 Å². The maximum Gasteiger partial charge on any atom is 0.162 e. The zero-order valence-electron chi connectivity index (χ0n) is 11.2. The van der Waals surface area contributed by atoms with Gasteiger partial charge in [-0.05, 0) is 23.9 Å². The van der Waals surface area contributed by atoms with Crippen LogP contribution >= 0.6 is 11.3 Å². The highest BCUT2D eigenvalue weighted by atomic mass is 32.1. The van der Waals surface area contributed by atoms with Crippen LogP contribution in [-0.4, -0.2) is 12.2 Å². The summed E-state index contributed by atoms with van der Waals surface area (Å²) in [6, 6.07) is 10.1. The number of hydrogen-bond acceptors (Lipinski definition) is 4. The Morgan fingerprint density at radius 2 is 2.16 bits per heavy atom. The van der Waals surface area contributed by atoms with Gasteiger partial charge in [0.25, 0.3) is 0 Å². The van der Waals surface area contributed by atoms with Crippen molar-refractivity contribution < 1.29 is 9.84 Å². The fraction of sp³-hybridized carbons (Fsp3) is 0.333. The molecule has 2 rings (SSSR count). The smallest absolute Gasteiger partial charge is 0.162 e. The largest absolute Gasteiger partial charge is 0.504 e. The van der Waals surface area contributed by atoms with Crippen molar-refractivity contribution in [1.29, 1.82) is 0 Å². The molecule has 0 amide bonds. The fourth-order valence-electron chi connectivity index (χ4n) is 2.04. The van der Waals surface area contributed by atoms with Gasteiger partial charge in [-0.15, -0.1) is 11.3 Å². The van der Waals surface area contributed by atoms with E-state index in [1.807, 2.05) is 12.1 Å². The predicted octanol–water partition coefficient (Wildman–Crippen LogP) is 3.70. The van der Waals surface area contributed by atoms with Crippen LogP contribution in [0, 0.1) is 0 Å². The SMILES string of the molecule is CCC(NCc1cccc(OC)c1O)c1cccs1. The molecule has 102 valence electrons. The summed E-state index contributed by atoms with van der Waals surface area (Å²) in [5, 5.41) is 15.6. The average molecular weight is 277 g/mol. The molecule has 0 radical (unpaired) electrons. The van der Waals surface area contributed by atoms with E-state index >= 15 is 0 Å². The number of aromatic hydroxyl groups is 1. The zero-order chi connectivity index (χ0) is 13.7. The molecule has 1 heterocycles. The van der Waals surface area contributed by atoms with Crippen molar-refractivity contribution in [3.63, 3.8) is 0 Å². The summed E-state index contributed by atoms with van der Waals surface area (Å²) < 4.78 is 5.12. The molecule has 1 atom stereocenters. The van der Waals surface area contributed by atoms with Crippen LogP contribution in [0.25, 0.3) is 0 Å². The average Bonchev–Trinajstić information content (AvgIpc) is 2.95. The lowest BCUT2D eigenvalue weighted by molar-refractivity contribution is 0.368. The molecule has 2 aromatic rings. The van der Waals surface area contributed by atoms with Gasteiger partial charge >= 0.3 is 0 Å². The number of para-hydroxylation sites is 1. The number of hydrogen-bond donors (Lipinski definition) is 2. The normalized spacial score (nSPS) is 12.3. The van der Waals surface area contributed by atoms with Crippen LogP contribution in [0.1, 0.15) is 29.8 Å². The molecule has 4 heteroatoms. The first-order chi connectivity index (χ1) is 9.26. The Labute approximate surface area is 117 Å². The van der Waals surface area contributed by atoms with E-state index in [9.17, 15) is 5.11 Å². The minimum atomic E-state index is 0.221. The molecule has 0 saturated carbocycles. The molecule has 0 aliphatic heterocycles. The van der Waals surface area contributed by atoms with Gasteiger partial charge in [-0.2, -0.15) is 0 Å². The van der Waals surface area contributed by atoms with Crippen molar-refractivity contribution in [3.8, 4) is 11.5 Å². The monoisotopic (exact) mass is 277 g/mol. The number of ether oxygens (including phenoxy) is 1. The second-order valence-electron chi connectivity index (χ2n) is 4.33. The van der Waals surface area contributed by atoms with Gasteiger partial charge in [0.1, 0.15) is 0 Å². The van der Waals surface area contributed by atoms with E-state index in [1.165, 1.54) is 4.88 Å². The van der Waals surface area contributed by atoms with E-state index in [1.54, 1.807) is 24.5 Å². The van der Waals surface area contributed by atoms with Gasteiger partial charge in [0, 0.05) is 23.0 Å². The van der Waals surface area contributed by atoms with Crippen molar-refractivity contribution in [3.05, 3.63) is 46.2 Å². The van der Waals surface area contributed by atoms with Crippen molar-refractivity contribution in [2.75, 3.05) is 7.11 Å². The van der Waals surface area contributed by atoms with E-state index in [0.29, 0.717) is 18.3 Å². The van der Waals surface area contributed by atoms with Gasteiger partial charge < -0.3 is 15.2 Å². The van der Waals surface area contributed by atoms with Gasteiger partial charge in [0.15, 0.2) is 11.5 Å². The maximum absolute atomic E-state index is 10.0. The number of nitrogens with one attached hydrogen (secondary N) is 1. The highest BCUT2D eigenvalue weighted by Gasteiger charge is 2.12. The number of thiophene rings is 1. The molecule has 0 aliphatic carbocycles. The van der Waals surface area contributed by atoms with Gasteiger partial charge in [0.2, 0.25) is 0 Å². The van der Waals surface area contributed by atoms with Gasteiger partial charge in [-0.25, -0.2) is 0 Å². The molecule has 1 aromatic carbocycles. The maximum atomic E-state index is 10.0. The fourth-order valence-corrected chi connectivity index (χ4v) is 2.93. The summed E-state index contributed by atoms with van der Waals surface area (Å²) >= 11 is 1.75. The van der Waals surface area contributed by atoms with Crippen LogP contribution < -0.4 is 10.1 Å². The standard InChI is InChI=1S/C15H19NO2S/c1-3-12(14-8-5-9-19-14)16-10-11-6-4-7-13(18-2)15(11)17/h4-9,12,16-17H,3,10H2,1-2H3. The third-order valence-electron chi connectivity index (χ3n) is 3.14. The number of rotatable bonds is 6. The Morgan fingerprint density at radius 3 is 2.79 bits per heavy atom. The number of benzene rings is 1. The molecular weight excluding hydrogens is 258 g/mol. The first kappa shape index (κ1) is 13.9. The predicted molar refractivity (Wildman–Crippen MR) is 78.8 cm³/mol. The van der Waals surface area contributed by atoms with Gasteiger partial charge in [-0.3, -0.25) is 0 Å². The molecule has 0 bridgehead atoms. The summed E-state index contributed by atoms with van der Waals surface area (Å²) in [5.74, 6) is 0.738. The van der Waals surface area contributed by atoms with E-state index < -0.39 is 0 Å². The first-order valence-electron chi connectivity index (χ1n) is 6.37. The summed E-state index contributed by atoms with van der Waals surface area (Å²) in [6.07, 6.45) is 1.02. The number of methoxy groups -OCH3 is 1. The van der Waals surface area contributed by atoms with Gasteiger partial charge in [-0.1, -0.05) is 25.1 Å². The topological polar surface area (TPSA) is 41.5 Å². The van der Waals surface area contributed by atoms with Crippen LogP contribution in [-0.2, 0) is 6.54 Å². The van der Waals surface area contributed by atoms with E-state index in [4.69, 9.17) is 4.74 Å². The quantitative estimate of drug-likeness (QED) is 0.846. The summed E-state index contributed by atoms with van der Waals surface area (Å²) in [4.78, 5) is 1.32. The Balaban J connectivity index is 2.06. The van der Waals surface area contributed by atoms with Crippen LogP contribution in [0.2, 0.25) is 0 Å². The summed E-state index contributed by atoms with van der Waals surface area (Å²) in [5.41, 5.74) is 0.856. The Morgan fingerprint density at radius 1 is 1.32 bits per heavy atom. The molecule has 0 saturated heterocycles. The molecule has 3 nitrogen and oxygen atoms in total. The summed E-state index contributed by atoms with van der Waals surface area (Å²) in [7, 11) is 1.56. The molecule has 1 unspecified atom stereocenters. The lowest BCUT2D eigenvalue weighted by Gasteiger charge is -2.16. The Kier molecular flexibility index (Phi) is 4.82. The number of phenolic OH excluding ortho intramolecular Hbond substituents is 1. The molecule has 2 N–H and O–H groups in total. The highest BCUT2D eigenvalue weighted by molar-refractivity contribution is 7.10. The number of phenols is 1. The van der Waals surface area contributed by atoms with Crippen LogP contribution in [0.5, 0.6) is 11.5 Å². The molecule has 1 aromatic heterocycles. The lowest BCUT2D eigenvalue weighted by atomic mass is 10.1. The minimum Gasteiger partial charge on any atom is -0.504 e. The Bertz CT molecular complexity index is 511. The third kappa shape index (κ3) is 3.28. The van der Waals surface area contributed by atoms with Crippen molar-refractivity contribution >= 4 is 11.3 Å². The van der Waals surface area contributed by atoms with Crippen LogP contribution in [0.15, 0.2) is 35.7 Å². The first-order valence-corrected chi connectivity index (χ1v) is 7.25. The summed E-state index contributed by atoms with van der Waals surface area (Å²) in [6.45, 7) is 2.78. The van der Waals surface area contributed by atoms with E-state index in [-0.39, 0.29) is 5.75 Å². The van der Waals surface area contributed by atoms with Crippen molar-refractivity contribution in [2.45, 2.75) is 25.9 Å². The molecular formula is C15H19NO2S. The Hall–Kier alpha value is -1.52. The molecule has 0 spiro atoms. The van der Waals surface area contributed by atoms with Gasteiger partial charge in [0.05, 0.1) is 7.11 Å². The molecule has 0 fully saturated rings. The third-order valence-corrected chi connectivity index (χ3v) is 4.12. The zero-order valence-corrected chi connectivity index (χ0v) is 12.0. The van der Waals surface area contributed by atoms with Crippen molar-refractivity contribution in [1.82, 2.24) is 5.32 Å². The van der Waals surface area contributed by atoms with E-state index in [0.717, 1.165) is 12.0 Å². The lowest BCUT2D eigenvalue weighted by Crippen LogP contribution is -2.19. The van der Waals surface area contributed by atoms with Crippen molar-refractivity contribution in [2.24, 2.45) is 0 Å². The molecule has 19 heavy (non-hydrogen) atoms.